The predicted molar refractivity (Wildman–Crippen MR) is 50.6 cm³/mol. The molecule has 0 saturated carbocycles. The van der Waals surface area contributed by atoms with E-state index in [2.05, 4.69) is 5.32 Å². The molecule has 2 heterocycles. The van der Waals surface area contributed by atoms with Crippen LogP contribution >= 0.6 is 0 Å². The van der Waals surface area contributed by atoms with Crippen LogP contribution in [0.4, 0.5) is 0 Å². The van der Waals surface area contributed by atoms with Crippen molar-refractivity contribution in [3.05, 3.63) is 0 Å². The molecule has 0 radical (unpaired) electrons. The lowest BCUT2D eigenvalue weighted by Gasteiger charge is -2.24. The minimum atomic E-state index is 0.0798. The lowest BCUT2D eigenvalue weighted by Crippen LogP contribution is -2.31. The highest BCUT2D eigenvalue weighted by Gasteiger charge is 2.18. The maximum Gasteiger partial charge on any atom is 0.157 e. The first-order valence-electron chi connectivity index (χ1n) is 5.42. The van der Waals surface area contributed by atoms with E-state index in [-0.39, 0.29) is 6.29 Å². The van der Waals surface area contributed by atoms with E-state index in [0.717, 1.165) is 26.2 Å². The maximum atomic E-state index is 5.68. The topological polar surface area (TPSA) is 30.5 Å². The van der Waals surface area contributed by atoms with E-state index < -0.39 is 0 Å². The first-order valence-corrected chi connectivity index (χ1v) is 5.42. The Morgan fingerprint density at radius 3 is 2.92 bits per heavy atom. The van der Waals surface area contributed by atoms with E-state index in [9.17, 15) is 0 Å². The molecule has 2 rings (SSSR count). The molecule has 13 heavy (non-hydrogen) atoms. The molecule has 0 aliphatic carbocycles. The summed E-state index contributed by atoms with van der Waals surface area (Å²) in [5, 5.41) is 3.42. The normalized spacial score (nSPS) is 35.1. The van der Waals surface area contributed by atoms with Crippen molar-refractivity contribution in [2.24, 2.45) is 0 Å². The Bertz CT molecular complexity index is 140. The lowest BCUT2D eigenvalue weighted by atomic mass is 10.2. The van der Waals surface area contributed by atoms with Crippen LogP contribution in [0.1, 0.15) is 32.1 Å². The molecule has 0 spiro atoms. The Kier molecular flexibility index (Phi) is 3.58. The van der Waals surface area contributed by atoms with Crippen LogP contribution in [0.15, 0.2) is 0 Å². The van der Waals surface area contributed by atoms with Crippen molar-refractivity contribution in [2.75, 3.05) is 19.8 Å². The molecule has 2 atom stereocenters. The van der Waals surface area contributed by atoms with Gasteiger partial charge >= 0.3 is 0 Å². The van der Waals surface area contributed by atoms with E-state index in [0.29, 0.717) is 6.04 Å². The van der Waals surface area contributed by atoms with Crippen LogP contribution in [0.5, 0.6) is 0 Å². The SMILES string of the molecule is C1CC[C@H](OCC2CCCN2)OC1. The molecular formula is C10H19NO2. The third-order valence-corrected chi connectivity index (χ3v) is 2.78. The summed E-state index contributed by atoms with van der Waals surface area (Å²) >= 11 is 0. The molecule has 1 unspecified atom stereocenters. The maximum absolute atomic E-state index is 5.68. The first kappa shape index (κ1) is 9.44. The zero-order valence-electron chi connectivity index (χ0n) is 8.13. The minimum absolute atomic E-state index is 0.0798. The number of hydrogen-bond donors (Lipinski definition) is 1. The summed E-state index contributed by atoms with van der Waals surface area (Å²) in [5.41, 5.74) is 0. The highest BCUT2D eigenvalue weighted by atomic mass is 16.7. The summed E-state index contributed by atoms with van der Waals surface area (Å²) in [4.78, 5) is 0. The molecule has 0 aromatic carbocycles. The van der Waals surface area contributed by atoms with E-state index in [4.69, 9.17) is 9.47 Å². The van der Waals surface area contributed by atoms with Gasteiger partial charge in [0.05, 0.1) is 6.61 Å². The van der Waals surface area contributed by atoms with Crippen LogP contribution < -0.4 is 5.32 Å². The summed E-state index contributed by atoms with van der Waals surface area (Å²) in [6.07, 6.45) is 6.15. The second-order valence-electron chi connectivity index (χ2n) is 3.92. The second-order valence-corrected chi connectivity index (χ2v) is 3.92. The van der Waals surface area contributed by atoms with E-state index >= 15 is 0 Å². The van der Waals surface area contributed by atoms with Crippen molar-refractivity contribution >= 4 is 0 Å². The van der Waals surface area contributed by atoms with Crippen LogP contribution in [0, 0.1) is 0 Å². The zero-order valence-corrected chi connectivity index (χ0v) is 8.13. The fourth-order valence-corrected chi connectivity index (χ4v) is 1.97. The standard InChI is InChI=1S/C10H19NO2/c1-2-7-12-10(5-1)13-8-9-4-3-6-11-9/h9-11H,1-8H2/t9?,10-/m0/s1. The van der Waals surface area contributed by atoms with E-state index in [1.165, 1.54) is 25.7 Å². The molecule has 76 valence electrons. The molecule has 0 aromatic heterocycles. The van der Waals surface area contributed by atoms with Crippen molar-refractivity contribution in [1.29, 1.82) is 0 Å². The molecule has 3 nitrogen and oxygen atoms in total. The van der Waals surface area contributed by atoms with Gasteiger partial charge in [0.25, 0.3) is 0 Å². The molecule has 0 bridgehead atoms. The van der Waals surface area contributed by atoms with Gasteiger partial charge in [-0.2, -0.15) is 0 Å². The number of hydrogen-bond acceptors (Lipinski definition) is 3. The number of ether oxygens (including phenoxy) is 2. The van der Waals surface area contributed by atoms with Crippen LogP contribution in [0.2, 0.25) is 0 Å². The smallest absolute Gasteiger partial charge is 0.157 e. The summed E-state index contributed by atoms with van der Waals surface area (Å²) < 4.78 is 11.2. The van der Waals surface area contributed by atoms with Gasteiger partial charge in [0.15, 0.2) is 6.29 Å². The van der Waals surface area contributed by atoms with Crippen LogP contribution in [0.25, 0.3) is 0 Å². The molecule has 1 N–H and O–H groups in total. The third kappa shape index (κ3) is 2.93. The molecule has 2 saturated heterocycles. The fraction of sp³-hybridized carbons (Fsp3) is 1.00. The van der Waals surface area contributed by atoms with Gasteiger partial charge in [-0.3, -0.25) is 0 Å². The highest BCUT2D eigenvalue weighted by molar-refractivity contribution is 4.73. The number of rotatable bonds is 3. The van der Waals surface area contributed by atoms with Gasteiger partial charge in [-0.25, -0.2) is 0 Å². The van der Waals surface area contributed by atoms with Crippen molar-refractivity contribution in [2.45, 2.75) is 44.4 Å². The predicted octanol–water partition coefficient (Wildman–Crippen LogP) is 1.28. The van der Waals surface area contributed by atoms with Crippen molar-refractivity contribution in [3.8, 4) is 0 Å². The molecule has 3 heteroatoms. The van der Waals surface area contributed by atoms with Crippen LogP contribution in [-0.2, 0) is 9.47 Å². The molecule has 2 aliphatic heterocycles. The van der Waals surface area contributed by atoms with Gasteiger partial charge in [0.2, 0.25) is 0 Å². The molecule has 2 aliphatic rings. The Morgan fingerprint density at radius 2 is 2.23 bits per heavy atom. The van der Waals surface area contributed by atoms with E-state index in [1.54, 1.807) is 0 Å². The van der Waals surface area contributed by atoms with Gasteiger partial charge in [-0.15, -0.1) is 0 Å². The Balaban J connectivity index is 1.60. The van der Waals surface area contributed by atoms with Crippen molar-refractivity contribution < 1.29 is 9.47 Å². The monoisotopic (exact) mass is 185 g/mol. The minimum Gasteiger partial charge on any atom is -0.353 e. The molecule has 0 aromatic rings. The third-order valence-electron chi connectivity index (χ3n) is 2.78. The van der Waals surface area contributed by atoms with Crippen molar-refractivity contribution in [3.63, 3.8) is 0 Å². The molecule has 0 amide bonds. The summed E-state index contributed by atoms with van der Waals surface area (Å²) in [6, 6.07) is 0.575. The van der Waals surface area contributed by atoms with Gasteiger partial charge in [-0.1, -0.05) is 0 Å². The Morgan fingerprint density at radius 1 is 1.23 bits per heavy atom. The average Bonchev–Trinajstić information content (AvgIpc) is 2.69. The van der Waals surface area contributed by atoms with Crippen LogP contribution in [-0.4, -0.2) is 32.1 Å². The zero-order chi connectivity index (χ0) is 8.93. The molecule has 2 fully saturated rings. The first-order chi connectivity index (χ1) is 6.45. The summed E-state index contributed by atoms with van der Waals surface area (Å²) in [7, 11) is 0. The van der Waals surface area contributed by atoms with E-state index in [1.807, 2.05) is 0 Å². The largest absolute Gasteiger partial charge is 0.353 e. The van der Waals surface area contributed by atoms with Crippen LogP contribution in [0.3, 0.4) is 0 Å². The van der Waals surface area contributed by atoms with Gasteiger partial charge < -0.3 is 14.8 Å². The average molecular weight is 185 g/mol. The van der Waals surface area contributed by atoms with Gasteiger partial charge in [0, 0.05) is 12.6 Å². The fourth-order valence-electron chi connectivity index (χ4n) is 1.97. The Hall–Kier alpha value is -0.120. The van der Waals surface area contributed by atoms with Crippen molar-refractivity contribution in [1.82, 2.24) is 5.32 Å². The molecular weight excluding hydrogens is 166 g/mol. The summed E-state index contributed by atoms with van der Waals surface area (Å²) in [5.74, 6) is 0. The summed E-state index contributed by atoms with van der Waals surface area (Å²) in [6.45, 7) is 2.85. The quantitative estimate of drug-likeness (QED) is 0.718. The van der Waals surface area contributed by atoms with Gasteiger partial charge in [-0.05, 0) is 38.6 Å². The lowest BCUT2D eigenvalue weighted by molar-refractivity contribution is -0.165. The Labute approximate surface area is 79.8 Å². The second kappa shape index (κ2) is 4.94. The number of nitrogens with one attached hydrogen (secondary N) is 1. The van der Waals surface area contributed by atoms with Gasteiger partial charge in [0.1, 0.15) is 0 Å². The highest BCUT2D eigenvalue weighted by Crippen LogP contribution is 2.15.